The summed E-state index contributed by atoms with van der Waals surface area (Å²) in [6.07, 6.45) is 1.48. The molecule has 1 unspecified atom stereocenters. The van der Waals surface area contributed by atoms with Gasteiger partial charge >= 0.3 is 0 Å². The van der Waals surface area contributed by atoms with Crippen molar-refractivity contribution in [2.24, 2.45) is 11.8 Å². The number of aryl methyl sites for hydroxylation is 1. The highest BCUT2D eigenvalue weighted by atomic mass is 32.2. The summed E-state index contributed by atoms with van der Waals surface area (Å²) in [6.45, 7) is 3.49. The highest BCUT2D eigenvalue weighted by molar-refractivity contribution is 7.99. The van der Waals surface area contributed by atoms with Gasteiger partial charge in [-0.25, -0.2) is 0 Å². The second kappa shape index (κ2) is 11.2. The molecule has 0 saturated carbocycles. The van der Waals surface area contributed by atoms with Crippen LogP contribution >= 0.6 is 11.8 Å². The van der Waals surface area contributed by atoms with Gasteiger partial charge in [0.1, 0.15) is 0 Å². The Hall–Kier alpha value is -3.58. The molecular formula is C30H31N3O3S. The standard InChI is InChI=1S/C30H31N3O3S/c1-21-11-13-24(14-12-21)33-20-23(19-28(33)34)30(36)32-17-15-22(16-18-32)29(35)31-26-9-5-6-10-27(26)37-25-7-3-2-4-8-25/h2-14,22-23H,15-20H2,1H3,(H,31,35). The monoisotopic (exact) mass is 513 g/mol. The van der Waals surface area contributed by atoms with Gasteiger partial charge < -0.3 is 15.1 Å². The molecule has 190 valence electrons. The zero-order chi connectivity index (χ0) is 25.8. The summed E-state index contributed by atoms with van der Waals surface area (Å²) in [5.74, 6) is -0.473. The summed E-state index contributed by atoms with van der Waals surface area (Å²) in [6, 6.07) is 25.7. The molecule has 2 fully saturated rings. The Labute approximate surface area is 222 Å². The van der Waals surface area contributed by atoms with Crippen molar-refractivity contribution >= 4 is 40.9 Å². The fourth-order valence-corrected chi connectivity index (χ4v) is 5.90. The molecule has 2 saturated heterocycles. The molecule has 7 heteroatoms. The lowest BCUT2D eigenvalue weighted by Gasteiger charge is -2.33. The summed E-state index contributed by atoms with van der Waals surface area (Å²) in [5, 5.41) is 3.12. The Morgan fingerprint density at radius 1 is 0.865 bits per heavy atom. The lowest BCUT2D eigenvalue weighted by molar-refractivity contribution is -0.138. The number of nitrogens with one attached hydrogen (secondary N) is 1. The van der Waals surface area contributed by atoms with Gasteiger partial charge in [-0.2, -0.15) is 0 Å². The maximum Gasteiger partial charge on any atom is 0.228 e. The first-order valence-corrected chi connectivity index (χ1v) is 13.6. The first-order chi connectivity index (χ1) is 18.0. The van der Waals surface area contributed by atoms with Gasteiger partial charge in [0.05, 0.1) is 11.6 Å². The summed E-state index contributed by atoms with van der Waals surface area (Å²) in [5.41, 5.74) is 2.78. The van der Waals surface area contributed by atoms with Gasteiger partial charge in [0.15, 0.2) is 0 Å². The van der Waals surface area contributed by atoms with Crippen LogP contribution in [0.1, 0.15) is 24.8 Å². The fourth-order valence-electron chi connectivity index (χ4n) is 4.98. The summed E-state index contributed by atoms with van der Waals surface area (Å²) in [4.78, 5) is 44.6. The van der Waals surface area contributed by atoms with E-state index < -0.39 is 0 Å². The predicted molar refractivity (Wildman–Crippen MR) is 147 cm³/mol. The molecule has 37 heavy (non-hydrogen) atoms. The summed E-state index contributed by atoms with van der Waals surface area (Å²) >= 11 is 1.62. The van der Waals surface area contributed by atoms with E-state index in [1.807, 2.05) is 90.7 Å². The number of piperidine rings is 1. The van der Waals surface area contributed by atoms with Crippen LogP contribution in [0.15, 0.2) is 88.7 Å². The van der Waals surface area contributed by atoms with Crippen molar-refractivity contribution in [1.29, 1.82) is 0 Å². The van der Waals surface area contributed by atoms with Gasteiger partial charge in [0.2, 0.25) is 17.7 Å². The van der Waals surface area contributed by atoms with Crippen LogP contribution in [0.25, 0.3) is 0 Å². The molecule has 6 nitrogen and oxygen atoms in total. The molecule has 0 spiro atoms. The van der Waals surface area contributed by atoms with Gasteiger partial charge in [0.25, 0.3) is 0 Å². The number of anilines is 2. The van der Waals surface area contributed by atoms with Crippen molar-refractivity contribution in [3.05, 3.63) is 84.4 Å². The molecule has 5 rings (SSSR count). The topological polar surface area (TPSA) is 69.7 Å². The normalized spacial score (nSPS) is 18.2. The minimum Gasteiger partial charge on any atom is -0.342 e. The predicted octanol–water partition coefficient (Wildman–Crippen LogP) is 5.38. The Morgan fingerprint density at radius 2 is 1.54 bits per heavy atom. The quantitative estimate of drug-likeness (QED) is 0.481. The molecule has 3 aromatic carbocycles. The van der Waals surface area contributed by atoms with Crippen LogP contribution in [0.5, 0.6) is 0 Å². The molecule has 0 radical (unpaired) electrons. The first-order valence-electron chi connectivity index (χ1n) is 12.8. The smallest absolute Gasteiger partial charge is 0.228 e. The average Bonchev–Trinajstić information content (AvgIpc) is 3.32. The van der Waals surface area contributed by atoms with Gasteiger partial charge in [-0.1, -0.05) is 59.8 Å². The zero-order valence-corrected chi connectivity index (χ0v) is 21.7. The third kappa shape index (κ3) is 5.88. The van der Waals surface area contributed by atoms with Crippen LogP contribution in [0.2, 0.25) is 0 Å². The third-order valence-corrected chi connectivity index (χ3v) is 8.20. The number of carbonyl (C=O) groups is 3. The van der Waals surface area contributed by atoms with E-state index in [4.69, 9.17) is 0 Å². The van der Waals surface area contributed by atoms with E-state index >= 15 is 0 Å². The van der Waals surface area contributed by atoms with Crippen molar-refractivity contribution in [3.8, 4) is 0 Å². The molecule has 1 atom stereocenters. The highest BCUT2D eigenvalue weighted by Gasteiger charge is 2.38. The minimum atomic E-state index is -0.332. The Kier molecular flexibility index (Phi) is 7.60. The number of rotatable bonds is 6. The van der Waals surface area contributed by atoms with Crippen molar-refractivity contribution in [2.45, 2.75) is 36.0 Å². The lowest BCUT2D eigenvalue weighted by atomic mass is 9.94. The molecular weight excluding hydrogens is 482 g/mol. The number of carbonyl (C=O) groups excluding carboxylic acids is 3. The maximum atomic E-state index is 13.2. The van der Waals surface area contributed by atoms with E-state index in [9.17, 15) is 14.4 Å². The molecule has 0 bridgehead atoms. The van der Waals surface area contributed by atoms with E-state index in [-0.39, 0.29) is 36.0 Å². The van der Waals surface area contributed by atoms with Crippen LogP contribution in [-0.4, -0.2) is 42.3 Å². The fraction of sp³-hybridized carbons (Fsp3) is 0.300. The number of nitrogens with zero attached hydrogens (tertiary/aromatic N) is 2. The van der Waals surface area contributed by atoms with Crippen molar-refractivity contribution in [2.75, 3.05) is 29.9 Å². The van der Waals surface area contributed by atoms with Crippen molar-refractivity contribution in [3.63, 3.8) is 0 Å². The van der Waals surface area contributed by atoms with E-state index in [1.54, 1.807) is 16.7 Å². The number of hydrogen-bond acceptors (Lipinski definition) is 4. The summed E-state index contributed by atoms with van der Waals surface area (Å²) < 4.78 is 0. The Balaban J connectivity index is 1.15. The second-order valence-corrected chi connectivity index (χ2v) is 10.9. The number of likely N-dealkylation sites (tertiary alicyclic amines) is 1. The van der Waals surface area contributed by atoms with Gasteiger partial charge in [0, 0.05) is 47.5 Å². The van der Waals surface area contributed by atoms with Crippen molar-refractivity contribution < 1.29 is 14.4 Å². The molecule has 2 heterocycles. The SMILES string of the molecule is Cc1ccc(N2CC(C(=O)N3CCC(C(=O)Nc4ccccc4Sc4ccccc4)CC3)CC2=O)cc1. The van der Waals surface area contributed by atoms with Gasteiger partial charge in [-0.15, -0.1) is 0 Å². The molecule has 2 aliphatic heterocycles. The molecule has 3 amide bonds. The zero-order valence-electron chi connectivity index (χ0n) is 20.9. The first kappa shape index (κ1) is 25.1. The lowest BCUT2D eigenvalue weighted by Crippen LogP contribution is -2.44. The maximum absolute atomic E-state index is 13.2. The van der Waals surface area contributed by atoms with Crippen LogP contribution in [-0.2, 0) is 14.4 Å². The van der Waals surface area contributed by atoms with Crippen molar-refractivity contribution in [1.82, 2.24) is 4.90 Å². The number of para-hydroxylation sites is 1. The number of benzene rings is 3. The molecule has 0 aromatic heterocycles. The van der Waals surface area contributed by atoms with Crippen LogP contribution < -0.4 is 10.2 Å². The van der Waals surface area contributed by atoms with E-state index in [0.29, 0.717) is 32.5 Å². The van der Waals surface area contributed by atoms with Gasteiger partial charge in [-0.3, -0.25) is 14.4 Å². The summed E-state index contributed by atoms with van der Waals surface area (Å²) in [7, 11) is 0. The minimum absolute atomic E-state index is 0.00481. The molecule has 1 N–H and O–H groups in total. The van der Waals surface area contributed by atoms with E-state index in [0.717, 1.165) is 26.7 Å². The Bertz CT molecular complexity index is 1270. The highest BCUT2D eigenvalue weighted by Crippen LogP contribution is 2.34. The van der Waals surface area contributed by atoms with Crippen LogP contribution in [0, 0.1) is 18.8 Å². The van der Waals surface area contributed by atoms with Gasteiger partial charge in [-0.05, 0) is 56.2 Å². The number of hydrogen-bond donors (Lipinski definition) is 1. The molecule has 3 aromatic rings. The van der Waals surface area contributed by atoms with Crippen LogP contribution in [0.3, 0.4) is 0 Å². The molecule has 0 aliphatic carbocycles. The molecule has 2 aliphatic rings. The largest absolute Gasteiger partial charge is 0.342 e. The van der Waals surface area contributed by atoms with Crippen LogP contribution in [0.4, 0.5) is 11.4 Å². The third-order valence-electron chi connectivity index (χ3n) is 7.11. The van der Waals surface area contributed by atoms with E-state index in [2.05, 4.69) is 5.32 Å². The van der Waals surface area contributed by atoms with E-state index in [1.165, 1.54) is 0 Å². The number of amides is 3. The Morgan fingerprint density at radius 3 is 2.27 bits per heavy atom. The second-order valence-electron chi connectivity index (χ2n) is 9.74. The average molecular weight is 514 g/mol.